The maximum absolute atomic E-state index is 12.7. The van der Waals surface area contributed by atoms with Crippen LogP contribution in [-0.4, -0.2) is 43.1 Å². The Kier molecular flexibility index (Phi) is 5.14. The minimum absolute atomic E-state index is 0.0528. The highest BCUT2D eigenvalue weighted by molar-refractivity contribution is 5.87. The summed E-state index contributed by atoms with van der Waals surface area (Å²) in [7, 11) is 1.30. The second kappa shape index (κ2) is 7.81. The van der Waals surface area contributed by atoms with Gasteiger partial charge in [-0.2, -0.15) is 19.1 Å². The first kappa shape index (κ1) is 21.0. The monoisotopic (exact) mass is 440 g/mol. The lowest BCUT2D eigenvalue weighted by molar-refractivity contribution is -0.0515. The third-order valence-electron chi connectivity index (χ3n) is 4.86. The van der Waals surface area contributed by atoms with E-state index in [-0.39, 0.29) is 17.5 Å². The molecule has 0 bridgehead atoms. The number of nitriles is 1. The number of hydrogen-bond donors (Lipinski definition) is 1. The summed E-state index contributed by atoms with van der Waals surface area (Å²) in [6.45, 7) is 0.408. The van der Waals surface area contributed by atoms with Crippen LogP contribution in [-0.2, 0) is 5.54 Å². The molecule has 0 fully saturated rings. The van der Waals surface area contributed by atoms with Crippen molar-refractivity contribution in [2.75, 3.05) is 7.11 Å². The van der Waals surface area contributed by atoms with Gasteiger partial charge in [0.05, 0.1) is 47.9 Å². The average molecular weight is 440 g/mol. The Balaban J connectivity index is 1.75. The molecule has 0 saturated heterocycles. The summed E-state index contributed by atoms with van der Waals surface area (Å²) in [5.41, 5.74) is 1.01. The van der Waals surface area contributed by atoms with Crippen molar-refractivity contribution in [2.24, 2.45) is 0 Å². The van der Waals surface area contributed by atoms with Gasteiger partial charge in [0, 0.05) is 18.0 Å². The molecular weight excluding hydrogens is 422 g/mol. The Morgan fingerprint density at radius 3 is 2.69 bits per heavy atom. The summed E-state index contributed by atoms with van der Waals surface area (Å²) in [6.07, 6.45) is 6.21. The fourth-order valence-corrected chi connectivity index (χ4v) is 3.13. The van der Waals surface area contributed by atoms with E-state index < -0.39 is 12.2 Å². The molecule has 4 rings (SSSR count). The SMILES string of the molecule is COc1ncc(-c2ccc3c(O)n(-c4cnn(C(C)(C)C#N)c4)cc3n2)cc1OC(F)F. The van der Waals surface area contributed by atoms with Gasteiger partial charge < -0.3 is 14.6 Å². The van der Waals surface area contributed by atoms with E-state index >= 15 is 0 Å². The molecule has 164 valence electrons. The molecular formula is C21H18F2N6O3. The maximum Gasteiger partial charge on any atom is 0.387 e. The number of pyridine rings is 2. The topological polar surface area (TPSA) is 111 Å². The lowest BCUT2D eigenvalue weighted by Gasteiger charge is -2.15. The summed E-state index contributed by atoms with van der Waals surface area (Å²) in [5, 5.41) is 24.7. The lowest BCUT2D eigenvalue weighted by Crippen LogP contribution is -2.24. The number of rotatable bonds is 6. The molecule has 4 aromatic heterocycles. The van der Waals surface area contributed by atoms with Crippen molar-refractivity contribution >= 4 is 10.9 Å². The van der Waals surface area contributed by atoms with Crippen LogP contribution >= 0.6 is 0 Å². The Hall–Kier alpha value is -4.20. The molecule has 32 heavy (non-hydrogen) atoms. The van der Waals surface area contributed by atoms with Crippen LogP contribution in [0.3, 0.4) is 0 Å². The van der Waals surface area contributed by atoms with E-state index in [9.17, 15) is 19.1 Å². The van der Waals surface area contributed by atoms with E-state index in [1.54, 1.807) is 38.4 Å². The standard InChI is InChI=1S/C21H18F2N6O3/c1-21(2,11-24)29-9-13(8-26-29)28-10-16-14(19(28)30)4-5-15(27-16)12-6-17(32-20(22)23)18(31-3)25-7-12/h4-10,20,30H,1-3H3. The summed E-state index contributed by atoms with van der Waals surface area (Å²) in [4.78, 5) is 8.51. The van der Waals surface area contributed by atoms with Gasteiger partial charge in [-0.3, -0.25) is 9.25 Å². The van der Waals surface area contributed by atoms with Crippen LogP contribution in [0.25, 0.3) is 27.8 Å². The number of nitrogens with zero attached hydrogens (tertiary/aromatic N) is 6. The molecule has 0 aliphatic heterocycles. The van der Waals surface area contributed by atoms with Crippen LogP contribution in [0.2, 0.25) is 0 Å². The zero-order valence-corrected chi connectivity index (χ0v) is 17.3. The van der Waals surface area contributed by atoms with Crippen LogP contribution in [0, 0.1) is 11.3 Å². The van der Waals surface area contributed by atoms with E-state index in [2.05, 4.69) is 25.9 Å². The van der Waals surface area contributed by atoms with Gasteiger partial charge in [-0.15, -0.1) is 0 Å². The van der Waals surface area contributed by atoms with E-state index in [1.165, 1.54) is 34.8 Å². The van der Waals surface area contributed by atoms with Crippen LogP contribution in [0.1, 0.15) is 13.8 Å². The minimum Gasteiger partial charge on any atom is -0.494 e. The van der Waals surface area contributed by atoms with Gasteiger partial charge in [0.2, 0.25) is 5.88 Å². The van der Waals surface area contributed by atoms with Crippen molar-refractivity contribution in [1.82, 2.24) is 24.3 Å². The molecule has 4 aromatic rings. The first-order valence-corrected chi connectivity index (χ1v) is 9.40. The number of halogens is 2. The van der Waals surface area contributed by atoms with Gasteiger partial charge in [0.15, 0.2) is 5.75 Å². The van der Waals surface area contributed by atoms with Gasteiger partial charge in [-0.05, 0) is 32.0 Å². The average Bonchev–Trinajstić information content (AvgIpc) is 3.38. The van der Waals surface area contributed by atoms with Crippen LogP contribution < -0.4 is 9.47 Å². The van der Waals surface area contributed by atoms with Gasteiger partial charge in [0.25, 0.3) is 5.88 Å². The Morgan fingerprint density at radius 2 is 2.00 bits per heavy atom. The molecule has 0 spiro atoms. The molecule has 0 amide bonds. The molecule has 0 atom stereocenters. The molecule has 0 unspecified atom stereocenters. The number of aromatic nitrogens is 5. The fraction of sp³-hybridized carbons (Fsp3) is 0.238. The quantitative estimate of drug-likeness (QED) is 0.485. The normalized spacial score (nSPS) is 11.7. The third-order valence-corrected chi connectivity index (χ3v) is 4.86. The largest absolute Gasteiger partial charge is 0.494 e. The van der Waals surface area contributed by atoms with Crippen molar-refractivity contribution in [1.29, 1.82) is 5.26 Å². The van der Waals surface area contributed by atoms with Crippen LogP contribution in [0.15, 0.2) is 43.0 Å². The Labute approximate surface area is 181 Å². The number of methoxy groups -OCH3 is 1. The van der Waals surface area contributed by atoms with E-state index in [4.69, 9.17) is 4.74 Å². The lowest BCUT2D eigenvalue weighted by atomic mass is 10.1. The molecule has 0 aliphatic rings. The van der Waals surface area contributed by atoms with Gasteiger partial charge in [-0.1, -0.05) is 0 Å². The van der Waals surface area contributed by atoms with Crippen molar-refractivity contribution in [3.63, 3.8) is 0 Å². The maximum atomic E-state index is 12.7. The number of alkyl halides is 2. The van der Waals surface area contributed by atoms with E-state index in [0.29, 0.717) is 27.8 Å². The molecule has 0 saturated carbocycles. The van der Waals surface area contributed by atoms with Crippen molar-refractivity contribution in [3.8, 4) is 40.5 Å². The summed E-state index contributed by atoms with van der Waals surface area (Å²) < 4.78 is 37.8. The van der Waals surface area contributed by atoms with Crippen molar-refractivity contribution in [3.05, 3.63) is 43.0 Å². The van der Waals surface area contributed by atoms with E-state index in [0.717, 1.165) is 0 Å². The predicted molar refractivity (Wildman–Crippen MR) is 110 cm³/mol. The van der Waals surface area contributed by atoms with Crippen molar-refractivity contribution < 1.29 is 23.4 Å². The highest BCUT2D eigenvalue weighted by atomic mass is 19.3. The zero-order chi connectivity index (χ0) is 23.0. The number of fused-ring (bicyclic) bond motifs is 1. The van der Waals surface area contributed by atoms with Crippen LogP contribution in [0.5, 0.6) is 17.5 Å². The molecule has 11 heteroatoms. The Morgan fingerprint density at radius 1 is 1.22 bits per heavy atom. The fourth-order valence-electron chi connectivity index (χ4n) is 3.13. The first-order chi connectivity index (χ1) is 15.2. The molecule has 0 aliphatic carbocycles. The molecule has 4 heterocycles. The first-order valence-electron chi connectivity index (χ1n) is 9.40. The number of ether oxygens (including phenoxy) is 2. The second-order valence-electron chi connectivity index (χ2n) is 7.38. The highest BCUT2D eigenvalue weighted by Gasteiger charge is 2.22. The van der Waals surface area contributed by atoms with Crippen molar-refractivity contribution in [2.45, 2.75) is 26.0 Å². The Bertz CT molecular complexity index is 1340. The predicted octanol–water partition coefficient (Wildman–Crippen LogP) is 3.86. The zero-order valence-electron chi connectivity index (χ0n) is 17.3. The summed E-state index contributed by atoms with van der Waals surface area (Å²) >= 11 is 0. The van der Waals surface area contributed by atoms with Gasteiger partial charge in [-0.25, -0.2) is 9.97 Å². The smallest absolute Gasteiger partial charge is 0.387 e. The minimum atomic E-state index is -3.03. The number of hydrogen-bond acceptors (Lipinski definition) is 7. The van der Waals surface area contributed by atoms with Crippen LogP contribution in [0.4, 0.5) is 8.78 Å². The molecule has 0 aromatic carbocycles. The third kappa shape index (κ3) is 3.66. The number of aromatic hydroxyl groups is 1. The second-order valence-corrected chi connectivity index (χ2v) is 7.38. The summed E-state index contributed by atoms with van der Waals surface area (Å²) in [5.74, 6) is -0.339. The molecule has 1 N–H and O–H groups in total. The molecule has 9 nitrogen and oxygen atoms in total. The van der Waals surface area contributed by atoms with Gasteiger partial charge in [0.1, 0.15) is 5.54 Å². The van der Waals surface area contributed by atoms with E-state index in [1.807, 2.05) is 0 Å². The van der Waals surface area contributed by atoms with Gasteiger partial charge >= 0.3 is 6.61 Å². The summed E-state index contributed by atoms with van der Waals surface area (Å²) in [6, 6.07) is 6.80. The highest BCUT2D eigenvalue weighted by Crippen LogP contribution is 2.34. The molecule has 0 radical (unpaired) electrons.